The van der Waals surface area contributed by atoms with Crippen molar-refractivity contribution >= 4 is 17.4 Å². The van der Waals surface area contributed by atoms with E-state index in [1.807, 2.05) is 25.0 Å². The van der Waals surface area contributed by atoms with Gasteiger partial charge in [-0.05, 0) is 32.5 Å². The molecule has 2 atom stereocenters. The van der Waals surface area contributed by atoms with E-state index in [0.717, 1.165) is 18.7 Å². The molecule has 0 radical (unpaired) electrons. The summed E-state index contributed by atoms with van der Waals surface area (Å²) in [6, 6.07) is 5.36. The van der Waals surface area contributed by atoms with Gasteiger partial charge < -0.3 is 10.2 Å². The maximum Gasteiger partial charge on any atom is 0.0574 e. The summed E-state index contributed by atoms with van der Waals surface area (Å²) >= 11 is 2.04. The lowest BCUT2D eigenvalue weighted by molar-refractivity contribution is 0.561. The van der Waals surface area contributed by atoms with Crippen LogP contribution in [0, 0.1) is 0 Å². The molecule has 1 aromatic heterocycles. The van der Waals surface area contributed by atoms with Gasteiger partial charge in [0.15, 0.2) is 0 Å². The third kappa shape index (κ3) is 2.98. The quantitative estimate of drug-likeness (QED) is 0.906. The van der Waals surface area contributed by atoms with Crippen molar-refractivity contribution in [2.75, 3.05) is 30.0 Å². The second kappa shape index (κ2) is 6.43. The fraction of sp³-hybridized carbons (Fsp3) is 0.643. The van der Waals surface area contributed by atoms with Gasteiger partial charge >= 0.3 is 0 Å². The van der Waals surface area contributed by atoms with Crippen LogP contribution in [-0.4, -0.2) is 36.1 Å². The Balaban J connectivity index is 2.11. The Kier molecular flexibility index (Phi) is 4.89. The molecule has 0 aliphatic carbocycles. The highest BCUT2D eigenvalue weighted by Crippen LogP contribution is 2.24. The first-order valence-corrected chi connectivity index (χ1v) is 7.89. The summed E-state index contributed by atoms with van der Waals surface area (Å²) in [5, 5.41) is 3.30. The molecule has 1 aliphatic rings. The molecule has 3 nitrogen and oxygen atoms in total. The molecule has 100 valence electrons. The van der Waals surface area contributed by atoms with E-state index in [1.54, 1.807) is 0 Å². The number of aromatic nitrogens is 1. The lowest BCUT2D eigenvalue weighted by Gasteiger charge is -2.34. The maximum atomic E-state index is 4.62. The molecule has 2 heterocycles. The number of hydrogen-bond acceptors (Lipinski definition) is 4. The lowest BCUT2D eigenvalue weighted by Crippen LogP contribution is -2.40. The van der Waals surface area contributed by atoms with Gasteiger partial charge in [-0.15, -0.1) is 0 Å². The van der Waals surface area contributed by atoms with E-state index >= 15 is 0 Å². The van der Waals surface area contributed by atoms with E-state index in [1.165, 1.54) is 17.2 Å². The molecule has 0 amide bonds. The number of nitrogens with zero attached hydrogens (tertiary/aromatic N) is 2. The number of rotatable bonds is 4. The molecule has 1 N–H and O–H groups in total. The molecular weight excluding hydrogens is 242 g/mol. The zero-order valence-electron chi connectivity index (χ0n) is 11.5. The monoisotopic (exact) mass is 265 g/mol. The maximum absolute atomic E-state index is 4.62. The molecule has 4 heteroatoms. The van der Waals surface area contributed by atoms with Crippen LogP contribution in [0.4, 0.5) is 5.69 Å². The van der Waals surface area contributed by atoms with Crippen LogP contribution in [0.3, 0.4) is 0 Å². The Bertz CT molecular complexity index is 362. The van der Waals surface area contributed by atoms with Crippen LogP contribution >= 0.6 is 11.8 Å². The second-order valence-electron chi connectivity index (χ2n) is 4.81. The van der Waals surface area contributed by atoms with Crippen LogP contribution in [0.5, 0.6) is 0 Å². The van der Waals surface area contributed by atoms with Crippen LogP contribution in [0.2, 0.25) is 0 Å². The zero-order chi connectivity index (χ0) is 13.0. The van der Waals surface area contributed by atoms with Gasteiger partial charge in [-0.25, -0.2) is 0 Å². The second-order valence-corrected chi connectivity index (χ2v) is 5.96. The van der Waals surface area contributed by atoms with Crippen LogP contribution < -0.4 is 10.2 Å². The standard InChI is InChI=1S/C14H23N3S/c1-4-13(15-3)14-6-5-12(9-16-14)17-7-8-18-10-11(17)2/h5-6,9,11,13,15H,4,7-8,10H2,1-3H3. The Hall–Kier alpha value is -0.740. The smallest absolute Gasteiger partial charge is 0.0574 e. The zero-order valence-corrected chi connectivity index (χ0v) is 12.3. The minimum Gasteiger partial charge on any atom is -0.366 e. The van der Waals surface area contributed by atoms with Gasteiger partial charge in [0.2, 0.25) is 0 Å². The molecule has 2 unspecified atom stereocenters. The minimum atomic E-state index is 0.369. The van der Waals surface area contributed by atoms with Gasteiger partial charge in [0.25, 0.3) is 0 Å². The lowest BCUT2D eigenvalue weighted by atomic mass is 10.1. The van der Waals surface area contributed by atoms with Crippen molar-refractivity contribution in [3.8, 4) is 0 Å². The predicted octanol–water partition coefficient (Wildman–Crippen LogP) is 2.69. The largest absolute Gasteiger partial charge is 0.366 e. The fourth-order valence-corrected chi connectivity index (χ4v) is 3.46. The normalized spacial score (nSPS) is 21.9. The topological polar surface area (TPSA) is 28.2 Å². The highest BCUT2D eigenvalue weighted by atomic mass is 32.2. The van der Waals surface area contributed by atoms with Crippen molar-refractivity contribution < 1.29 is 0 Å². The Labute approximate surface area is 114 Å². The molecule has 1 fully saturated rings. The van der Waals surface area contributed by atoms with E-state index < -0.39 is 0 Å². The first-order valence-electron chi connectivity index (χ1n) is 6.73. The van der Waals surface area contributed by atoms with Crippen LogP contribution in [0.1, 0.15) is 32.0 Å². The summed E-state index contributed by atoms with van der Waals surface area (Å²) in [7, 11) is 1.99. The molecule has 1 saturated heterocycles. The minimum absolute atomic E-state index is 0.369. The fourth-order valence-electron chi connectivity index (χ4n) is 2.45. The van der Waals surface area contributed by atoms with E-state index in [2.05, 4.69) is 41.2 Å². The van der Waals surface area contributed by atoms with Gasteiger partial charge in [-0.1, -0.05) is 6.92 Å². The van der Waals surface area contributed by atoms with Gasteiger partial charge in [0.1, 0.15) is 0 Å². The highest BCUT2D eigenvalue weighted by Gasteiger charge is 2.19. The first-order chi connectivity index (χ1) is 8.76. The summed E-state index contributed by atoms with van der Waals surface area (Å²) in [6.45, 7) is 5.61. The van der Waals surface area contributed by atoms with Crippen molar-refractivity contribution in [1.29, 1.82) is 0 Å². The van der Waals surface area contributed by atoms with E-state index in [9.17, 15) is 0 Å². The van der Waals surface area contributed by atoms with Gasteiger partial charge in [0.05, 0.1) is 17.6 Å². The van der Waals surface area contributed by atoms with Crippen molar-refractivity contribution in [2.24, 2.45) is 0 Å². The predicted molar refractivity (Wildman–Crippen MR) is 80.5 cm³/mol. The van der Waals surface area contributed by atoms with Gasteiger partial charge in [0, 0.05) is 30.1 Å². The van der Waals surface area contributed by atoms with Crippen LogP contribution in [0.25, 0.3) is 0 Å². The van der Waals surface area contributed by atoms with Crippen LogP contribution in [0.15, 0.2) is 18.3 Å². The highest BCUT2D eigenvalue weighted by molar-refractivity contribution is 7.99. The van der Waals surface area contributed by atoms with E-state index in [4.69, 9.17) is 0 Å². The van der Waals surface area contributed by atoms with Crippen molar-refractivity contribution in [2.45, 2.75) is 32.4 Å². The average Bonchev–Trinajstić information content (AvgIpc) is 2.42. The van der Waals surface area contributed by atoms with Gasteiger partial charge in [-0.3, -0.25) is 4.98 Å². The summed E-state index contributed by atoms with van der Waals surface area (Å²) < 4.78 is 0. The molecule has 0 saturated carbocycles. The van der Waals surface area contributed by atoms with Crippen LogP contribution in [-0.2, 0) is 0 Å². The van der Waals surface area contributed by atoms with Crippen molar-refractivity contribution in [1.82, 2.24) is 10.3 Å². The third-order valence-electron chi connectivity index (χ3n) is 3.58. The number of thioether (sulfide) groups is 1. The van der Waals surface area contributed by atoms with E-state index in [0.29, 0.717) is 12.1 Å². The molecular formula is C14H23N3S. The molecule has 0 bridgehead atoms. The number of pyridine rings is 1. The average molecular weight is 265 g/mol. The summed E-state index contributed by atoms with van der Waals surface area (Å²) in [5.74, 6) is 2.44. The first kappa shape index (κ1) is 13.7. The molecule has 2 rings (SSSR count). The molecule has 18 heavy (non-hydrogen) atoms. The number of hydrogen-bond donors (Lipinski definition) is 1. The molecule has 0 spiro atoms. The Morgan fingerprint density at radius 1 is 1.56 bits per heavy atom. The number of nitrogens with one attached hydrogen (secondary N) is 1. The Morgan fingerprint density at radius 2 is 2.39 bits per heavy atom. The van der Waals surface area contributed by atoms with E-state index in [-0.39, 0.29) is 0 Å². The molecule has 0 aromatic carbocycles. The third-order valence-corrected chi connectivity index (χ3v) is 4.77. The summed E-state index contributed by atoms with van der Waals surface area (Å²) in [5.41, 5.74) is 2.40. The number of anilines is 1. The van der Waals surface area contributed by atoms with Gasteiger partial charge in [-0.2, -0.15) is 11.8 Å². The Morgan fingerprint density at radius 3 is 2.94 bits per heavy atom. The molecule has 1 aliphatic heterocycles. The summed E-state index contributed by atoms with van der Waals surface area (Å²) in [4.78, 5) is 7.09. The summed E-state index contributed by atoms with van der Waals surface area (Å²) in [6.07, 6.45) is 3.10. The van der Waals surface area contributed by atoms with Crippen molar-refractivity contribution in [3.05, 3.63) is 24.0 Å². The van der Waals surface area contributed by atoms with Crippen molar-refractivity contribution in [3.63, 3.8) is 0 Å². The SMILES string of the molecule is CCC(NC)c1ccc(N2CCSCC2C)cn1. The molecule has 1 aromatic rings.